The Kier molecular flexibility index (Phi) is 7.05. The number of aliphatic hydroxyl groups excluding tert-OH is 1. The van der Waals surface area contributed by atoms with Gasteiger partial charge in [-0.3, -0.25) is 4.79 Å². The highest BCUT2D eigenvalue weighted by molar-refractivity contribution is 5.91. The van der Waals surface area contributed by atoms with Gasteiger partial charge in [0.1, 0.15) is 6.10 Å². The molecule has 1 aromatic heterocycles. The summed E-state index contributed by atoms with van der Waals surface area (Å²) in [5.41, 5.74) is 0.0795. The molecule has 7 aliphatic rings. The zero-order chi connectivity index (χ0) is 31.6. The molecule has 8 rings (SSSR count). The maximum absolute atomic E-state index is 13.0. The summed E-state index contributed by atoms with van der Waals surface area (Å²) in [6.07, 6.45) is 12.2. The Labute approximate surface area is 270 Å². The minimum absolute atomic E-state index is 0. The number of nitrogens with zero attached hydrogens (tertiary/aromatic N) is 1. The van der Waals surface area contributed by atoms with Crippen LogP contribution in [-0.2, 0) is 14.2 Å². The normalized spacial score (nSPS) is 47.5. The molecule has 8 heteroatoms. The van der Waals surface area contributed by atoms with Crippen LogP contribution in [0.25, 0.3) is 0 Å². The Morgan fingerprint density at radius 1 is 1.07 bits per heavy atom. The first-order valence-corrected chi connectivity index (χ1v) is 18.0. The number of fused-ring (bicyclic) bond motifs is 4. The van der Waals surface area contributed by atoms with Crippen molar-refractivity contribution in [2.75, 3.05) is 19.7 Å². The van der Waals surface area contributed by atoms with Crippen molar-refractivity contribution in [1.29, 1.82) is 0 Å². The summed E-state index contributed by atoms with van der Waals surface area (Å²) in [7, 11) is 0. The fourth-order valence-corrected chi connectivity index (χ4v) is 12.8. The number of amides is 1. The van der Waals surface area contributed by atoms with Crippen molar-refractivity contribution in [1.82, 2.24) is 4.90 Å². The van der Waals surface area contributed by atoms with Gasteiger partial charge in [0.25, 0.3) is 5.91 Å². The van der Waals surface area contributed by atoms with Crippen molar-refractivity contribution in [3.63, 3.8) is 0 Å². The Hall–Kier alpha value is -1.45. The number of aliphatic hydroxyl groups is 2. The third kappa shape index (κ3) is 4.44. The SMILES string of the molecule is CC12CC[C@@]34CC35CC[C@H](OC3CN(C(=O)c6ccco6)CCO3)C(C)(C)C5CCC4C1CC1OC([C@H](O)C(C)(C)O)CCC12.[HH]. The molecule has 1 aromatic rings. The number of carbonyl (C=O) groups excluding carboxylic acids is 1. The zero-order valence-electron chi connectivity index (χ0n) is 28.0. The van der Waals surface area contributed by atoms with E-state index in [2.05, 4.69) is 20.8 Å². The largest absolute Gasteiger partial charge is 0.459 e. The van der Waals surface area contributed by atoms with Gasteiger partial charge in [-0.05, 0) is 136 Å². The molecule has 12 atom stereocenters. The molecule has 2 saturated heterocycles. The molecule has 9 unspecified atom stereocenters. The van der Waals surface area contributed by atoms with E-state index in [-0.39, 0.29) is 31.1 Å². The molecule has 2 aliphatic heterocycles. The molecule has 5 aliphatic carbocycles. The minimum Gasteiger partial charge on any atom is -0.459 e. The average Bonchev–Trinajstić information content (AvgIpc) is 3.26. The summed E-state index contributed by atoms with van der Waals surface area (Å²) < 4.78 is 24.9. The predicted octanol–water partition coefficient (Wildman–Crippen LogP) is 6.05. The van der Waals surface area contributed by atoms with E-state index in [1.807, 2.05) is 0 Å². The topological polar surface area (TPSA) is 102 Å². The molecule has 2 spiro atoms. The van der Waals surface area contributed by atoms with Crippen LogP contribution in [0.1, 0.15) is 111 Å². The number of hydrogen-bond acceptors (Lipinski definition) is 7. The first-order chi connectivity index (χ1) is 21.3. The highest BCUT2D eigenvalue weighted by Crippen LogP contribution is 2.87. The summed E-state index contributed by atoms with van der Waals surface area (Å²) in [4.78, 5) is 14.8. The van der Waals surface area contributed by atoms with Gasteiger partial charge >= 0.3 is 0 Å². The van der Waals surface area contributed by atoms with Crippen molar-refractivity contribution in [2.24, 2.45) is 45.3 Å². The Bertz CT molecular complexity index is 1300. The summed E-state index contributed by atoms with van der Waals surface area (Å²) in [5, 5.41) is 21.3. The van der Waals surface area contributed by atoms with Crippen LogP contribution in [0.3, 0.4) is 0 Å². The highest BCUT2D eigenvalue weighted by atomic mass is 16.7. The van der Waals surface area contributed by atoms with Crippen LogP contribution in [0.5, 0.6) is 0 Å². The molecule has 0 aromatic carbocycles. The van der Waals surface area contributed by atoms with Gasteiger partial charge in [-0.15, -0.1) is 0 Å². The van der Waals surface area contributed by atoms with Crippen LogP contribution in [-0.4, -0.2) is 77.0 Å². The number of morpholine rings is 1. The zero-order valence-corrected chi connectivity index (χ0v) is 28.0. The molecule has 8 nitrogen and oxygen atoms in total. The van der Waals surface area contributed by atoms with Gasteiger partial charge in [-0.1, -0.05) is 20.8 Å². The summed E-state index contributed by atoms with van der Waals surface area (Å²) in [6.45, 7) is 12.3. The molecule has 5 saturated carbocycles. The number of carbonyl (C=O) groups is 1. The van der Waals surface area contributed by atoms with Crippen LogP contribution in [0.2, 0.25) is 0 Å². The smallest absolute Gasteiger partial charge is 0.289 e. The molecule has 7 fully saturated rings. The van der Waals surface area contributed by atoms with E-state index in [9.17, 15) is 15.0 Å². The van der Waals surface area contributed by atoms with E-state index < -0.39 is 18.0 Å². The molecule has 45 heavy (non-hydrogen) atoms. The fraction of sp³-hybridized carbons (Fsp3) is 0.865. The van der Waals surface area contributed by atoms with E-state index in [1.165, 1.54) is 38.5 Å². The third-order valence-corrected chi connectivity index (χ3v) is 15.0. The molecule has 2 N–H and O–H groups in total. The number of furan rings is 1. The van der Waals surface area contributed by atoms with Crippen molar-refractivity contribution < 1.29 is 35.1 Å². The summed E-state index contributed by atoms with van der Waals surface area (Å²) >= 11 is 0. The summed E-state index contributed by atoms with van der Waals surface area (Å²) in [5.74, 6) is 2.92. The standard InChI is InChI=1S/C37H55NO7.H2/c1-33(2)28-11-9-22-24-19-27-23(8-10-25(44-27)31(39)34(3,4)41)35(24,5)14-15-36(22)21-37(28,36)13-12-29(33)45-30-20-38(16-18-43-30)32(40)26-7-6-17-42-26;/h6-7,17,22-25,27-31,39,41H,8-16,18-21H2,1-5H3;1H/t22?,23?,24?,25?,27?,28?,29-,30?,31-,35?,36-,37?;/m0./s1. The van der Waals surface area contributed by atoms with Crippen LogP contribution in [0, 0.1) is 45.3 Å². The van der Waals surface area contributed by atoms with Gasteiger partial charge in [0.2, 0.25) is 0 Å². The van der Waals surface area contributed by atoms with Crippen LogP contribution >= 0.6 is 0 Å². The second-order valence-corrected chi connectivity index (χ2v) is 17.6. The first-order valence-electron chi connectivity index (χ1n) is 18.0. The molecule has 0 bridgehead atoms. The second kappa shape index (κ2) is 10.3. The molecular weight excluding hydrogens is 570 g/mol. The van der Waals surface area contributed by atoms with Crippen molar-refractivity contribution >= 4 is 5.91 Å². The van der Waals surface area contributed by atoms with Gasteiger partial charge < -0.3 is 33.7 Å². The van der Waals surface area contributed by atoms with E-state index in [1.54, 1.807) is 37.1 Å². The fourth-order valence-electron chi connectivity index (χ4n) is 12.8. The van der Waals surface area contributed by atoms with Gasteiger partial charge in [-0.2, -0.15) is 0 Å². The van der Waals surface area contributed by atoms with Crippen LogP contribution in [0.4, 0.5) is 0 Å². The Morgan fingerprint density at radius 3 is 2.62 bits per heavy atom. The summed E-state index contributed by atoms with van der Waals surface area (Å²) in [6, 6.07) is 3.47. The van der Waals surface area contributed by atoms with Crippen molar-refractivity contribution in [3.05, 3.63) is 24.2 Å². The second-order valence-electron chi connectivity index (χ2n) is 17.6. The third-order valence-electron chi connectivity index (χ3n) is 15.0. The first kappa shape index (κ1) is 30.9. The minimum atomic E-state index is -1.15. The lowest BCUT2D eigenvalue weighted by molar-refractivity contribution is -0.241. The predicted molar refractivity (Wildman–Crippen MR) is 169 cm³/mol. The number of hydrogen-bond donors (Lipinski definition) is 2. The lowest BCUT2D eigenvalue weighted by Crippen LogP contribution is -2.56. The van der Waals surface area contributed by atoms with E-state index in [0.29, 0.717) is 59.5 Å². The maximum atomic E-state index is 13.0. The Morgan fingerprint density at radius 2 is 1.87 bits per heavy atom. The van der Waals surface area contributed by atoms with Gasteiger partial charge in [-0.25, -0.2) is 0 Å². The molecular formula is C37H57NO7. The van der Waals surface area contributed by atoms with E-state index in [4.69, 9.17) is 18.6 Å². The van der Waals surface area contributed by atoms with Gasteiger partial charge in [0.05, 0.1) is 43.3 Å². The van der Waals surface area contributed by atoms with E-state index >= 15 is 0 Å². The highest BCUT2D eigenvalue weighted by Gasteiger charge is 2.80. The molecule has 252 valence electrons. The lowest BCUT2D eigenvalue weighted by atomic mass is 9.46. The number of rotatable bonds is 5. The maximum Gasteiger partial charge on any atom is 0.289 e. The van der Waals surface area contributed by atoms with Crippen LogP contribution < -0.4 is 0 Å². The monoisotopic (exact) mass is 627 g/mol. The van der Waals surface area contributed by atoms with Crippen molar-refractivity contribution in [2.45, 2.75) is 135 Å². The lowest BCUT2D eigenvalue weighted by Gasteiger charge is -2.60. The van der Waals surface area contributed by atoms with Crippen LogP contribution in [0.15, 0.2) is 22.8 Å². The van der Waals surface area contributed by atoms with Gasteiger partial charge in [0.15, 0.2) is 12.1 Å². The number of ether oxygens (including phenoxy) is 3. The average molecular weight is 628 g/mol. The van der Waals surface area contributed by atoms with Crippen molar-refractivity contribution in [3.8, 4) is 0 Å². The van der Waals surface area contributed by atoms with E-state index in [0.717, 1.165) is 31.6 Å². The quantitative estimate of drug-likeness (QED) is 0.410. The molecule has 0 radical (unpaired) electrons. The van der Waals surface area contributed by atoms with Gasteiger partial charge in [0, 0.05) is 7.97 Å². The Balaban J connectivity index is 0.00000338. The molecule has 3 heterocycles. The molecule has 1 amide bonds.